The molecule has 1 aliphatic heterocycles. The summed E-state index contributed by atoms with van der Waals surface area (Å²) in [6.45, 7) is 6.54. The number of aliphatic hydroxyl groups excluding tert-OH is 2. The van der Waals surface area contributed by atoms with Crippen molar-refractivity contribution in [2.24, 2.45) is 22.9 Å². The summed E-state index contributed by atoms with van der Waals surface area (Å²) in [5.74, 6) is -1.36. The van der Waals surface area contributed by atoms with Gasteiger partial charge in [-0.05, 0) is 92.5 Å². The Bertz CT molecular complexity index is 1550. The van der Waals surface area contributed by atoms with Gasteiger partial charge in [-0.1, -0.05) is 30.1 Å². The highest BCUT2D eigenvalue weighted by molar-refractivity contribution is 6.03. The molecule has 2 aromatic rings. The first-order chi connectivity index (χ1) is 23.3. The van der Waals surface area contributed by atoms with Crippen LogP contribution in [0.1, 0.15) is 79.3 Å². The Hall–Kier alpha value is -4.17. The van der Waals surface area contributed by atoms with Gasteiger partial charge >= 0.3 is 0 Å². The number of rotatable bonds is 15. The number of likely N-dealkylation sites (N-methyl/N-ethyl adjacent to an activating group) is 1. The first kappa shape index (κ1) is 35.1. The maximum Gasteiger partial charge on any atom is 0.254 e. The minimum absolute atomic E-state index is 0.0757. The van der Waals surface area contributed by atoms with E-state index in [1.807, 2.05) is 6.92 Å². The number of amides is 1. The number of fused-ring (bicyclic) bond motifs is 2. The van der Waals surface area contributed by atoms with Crippen LogP contribution in [0.25, 0.3) is 0 Å². The molecule has 0 radical (unpaired) electrons. The van der Waals surface area contributed by atoms with Gasteiger partial charge in [0.1, 0.15) is 24.1 Å². The van der Waals surface area contributed by atoms with E-state index < -0.39 is 17.7 Å². The predicted molar refractivity (Wildman–Crippen MR) is 181 cm³/mol. The van der Waals surface area contributed by atoms with Gasteiger partial charge in [0.15, 0.2) is 0 Å². The Morgan fingerprint density at radius 1 is 1.15 bits per heavy atom. The number of aromatic hydroxyl groups is 1. The number of phenolic OH excluding ortho intramolecular Hbond substituents is 1. The molecule has 1 fully saturated rings. The van der Waals surface area contributed by atoms with Crippen molar-refractivity contribution in [2.75, 3.05) is 33.5 Å². The molecule has 1 saturated carbocycles. The van der Waals surface area contributed by atoms with Gasteiger partial charge in [-0.25, -0.2) is 0 Å². The fourth-order valence-electron chi connectivity index (χ4n) is 7.91. The standard InChI is InChI=1S/C38H47N3O7/c1-4-20-46-38-34(41(3)37(45)26-14-12-25(24-39)13-15-26)23-32(40-47-5-2)30-21-27(10-6-8-18-42)29(11-7-9-19-43)35(36(30)38)31-22-28(44)16-17-33(31)48-38/h4,12-17,21-22,27,29,34-36,42-44H,1,5-11,18-20,23H2,2-3H3. The van der Waals surface area contributed by atoms with E-state index >= 15 is 0 Å². The van der Waals surface area contributed by atoms with Crippen molar-refractivity contribution < 1.29 is 34.4 Å². The summed E-state index contributed by atoms with van der Waals surface area (Å²) in [5, 5.41) is 44.1. The van der Waals surface area contributed by atoms with Crippen LogP contribution in [0.15, 0.2) is 71.9 Å². The molecule has 5 rings (SSSR count). The van der Waals surface area contributed by atoms with Crippen LogP contribution in [0.3, 0.4) is 0 Å². The number of unbranched alkanes of at least 4 members (excludes halogenated alkanes) is 2. The Balaban J connectivity index is 1.73. The second-order valence-electron chi connectivity index (χ2n) is 12.8. The summed E-state index contributed by atoms with van der Waals surface area (Å²) in [5.41, 5.74) is 3.39. The number of aliphatic hydroxyl groups is 2. The van der Waals surface area contributed by atoms with E-state index in [2.05, 4.69) is 23.9 Å². The fourth-order valence-corrected chi connectivity index (χ4v) is 7.91. The van der Waals surface area contributed by atoms with Crippen molar-refractivity contribution >= 4 is 11.6 Å². The number of ether oxygens (including phenoxy) is 2. The van der Waals surface area contributed by atoms with E-state index in [9.17, 15) is 25.4 Å². The molecule has 0 aromatic heterocycles. The van der Waals surface area contributed by atoms with Gasteiger partial charge in [-0.15, -0.1) is 6.58 Å². The molecule has 10 nitrogen and oxygen atoms in total. The van der Waals surface area contributed by atoms with E-state index in [-0.39, 0.29) is 55.7 Å². The lowest BCUT2D eigenvalue weighted by Crippen LogP contribution is -2.69. The quantitative estimate of drug-likeness (QED) is 0.126. The maximum absolute atomic E-state index is 14.2. The number of hydrogen-bond donors (Lipinski definition) is 3. The van der Waals surface area contributed by atoms with Gasteiger partial charge in [-0.3, -0.25) is 4.79 Å². The van der Waals surface area contributed by atoms with Crippen LogP contribution in [-0.2, 0) is 9.57 Å². The molecule has 6 unspecified atom stereocenters. The molecule has 0 spiro atoms. The largest absolute Gasteiger partial charge is 0.508 e. The minimum Gasteiger partial charge on any atom is -0.508 e. The van der Waals surface area contributed by atoms with Crippen LogP contribution in [0, 0.1) is 29.1 Å². The third-order valence-corrected chi connectivity index (χ3v) is 10.0. The molecule has 48 heavy (non-hydrogen) atoms. The summed E-state index contributed by atoms with van der Waals surface area (Å²) >= 11 is 0. The predicted octanol–water partition coefficient (Wildman–Crippen LogP) is 5.69. The number of nitriles is 1. The second kappa shape index (κ2) is 15.8. The lowest BCUT2D eigenvalue weighted by Gasteiger charge is -2.59. The zero-order valence-corrected chi connectivity index (χ0v) is 27.9. The number of oxime groups is 1. The molecule has 10 heteroatoms. The van der Waals surface area contributed by atoms with Crippen LogP contribution in [0.4, 0.5) is 0 Å². The Morgan fingerprint density at radius 2 is 1.88 bits per heavy atom. The molecule has 256 valence electrons. The number of allylic oxidation sites excluding steroid dienone is 1. The first-order valence-electron chi connectivity index (χ1n) is 17.0. The van der Waals surface area contributed by atoms with Crippen molar-refractivity contribution in [3.8, 4) is 17.6 Å². The molecule has 3 aliphatic rings. The third-order valence-electron chi connectivity index (χ3n) is 10.0. The number of hydrogen-bond acceptors (Lipinski definition) is 9. The summed E-state index contributed by atoms with van der Waals surface area (Å²) in [7, 11) is 1.74. The Labute approximate surface area is 282 Å². The molecule has 1 heterocycles. The van der Waals surface area contributed by atoms with Crippen LogP contribution < -0.4 is 4.74 Å². The molecule has 1 amide bonds. The van der Waals surface area contributed by atoms with Gasteiger partial charge in [0, 0.05) is 43.7 Å². The lowest BCUT2D eigenvalue weighted by atomic mass is 9.55. The van der Waals surface area contributed by atoms with Gasteiger partial charge in [0.2, 0.25) is 5.79 Å². The lowest BCUT2D eigenvalue weighted by molar-refractivity contribution is -0.252. The van der Waals surface area contributed by atoms with Gasteiger partial charge < -0.3 is 34.5 Å². The van der Waals surface area contributed by atoms with E-state index in [1.165, 1.54) is 0 Å². The van der Waals surface area contributed by atoms with Crippen LogP contribution >= 0.6 is 0 Å². The minimum atomic E-state index is -1.36. The van der Waals surface area contributed by atoms with E-state index in [4.69, 9.17) is 14.3 Å². The summed E-state index contributed by atoms with van der Waals surface area (Å²) in [4.78, 5) is 21.5. The molecular formula is C38H47N3O7. The number of benzene rings is 2. The fraction of sp³-hybridized carbons (Fsp3) is 0.500. The molecule has 0 saturated heterocycles. The SMILES string of the molecule is C=CCOC12Oc3ccc(O)cc3C3C(CCCCO)C(CCCCO)C=C(C(=NOCC)CC1N(C)C(=O)c1ccc(C#N)cc1)C32. The van der Waals surface area contributed by atoms with Crippen LogP contribution in [0.5, 0.6) is 11.5 Å². The average Bonchev–Trinajstić information content (AvgIpc) is 3.10. The highest BCUT2D eigenvalue weighted by Gasteiger charge is 2.65. The first-order valence-corrected chi connectivity index (χ1v) is 17.0. The number of carbonyl (C=O) groups excluding carboxylic acids is 1. The third kappa shape index (κ3) is 6.86. The maximum atomic E-state index is 14.2. The van der Waals surface area contributed by atoms with E-state index in [1.54, 1.807) is 60.5 Å². The van der Waals surface area contributed by atoms with Crippen molar-refractivity contribution in [3.05, 3.63) is 83.5 Å². The van der Waals surface area contributed by atoms with Crippen LogP contribution in [-0.4, -0.2) is 77.1 Å². The topological polar surface area (TPSA) is 145 Å². The van der Waals surface area contributed by atoms with E-state index in [0.717, 1.165) is 36.8 Å². The molecule has 0 bridgehead atoms. The molecular weight excluding hydrogens is 610 g/mol. The number of carbonyl (C=O) groups is 1. The van der Waals surface area contributed by atoms with Crippen molar-refractivity contribution in [2.45, 2.75) is 69.6 Å². The smallest absolute Gasteiger partial charge is 0.254 e. The normalized spacial score (nSPS) is 26.4. The zero-order chi connectivity index (χ0) is 34.3. The highest BCUT2D eigenvalue weighted by Crippen LogP contribution is 2.61. The second-order valence-corrected chi connectivity index (χ2v) is 12.8. The zero-order valence-electron chi connectivity index (χ0n) is 27.9. The van der Waals surface area contributed by atoms with Gasteiger partial charge in [-0.2, -0.15) is 5.26 Å². The van der Waals surface area contributed by atoms with Gasteiger partial charge in [0.25, 0.3) is 5.91 Å². The summed E-state index contributed by atoms with van der Waals surface area (Å²) in [6, 6.07) is 13.1. The van der Waals surface area contributed by atoms with Crippen LogP contribution in [0.2, 0.25) is 0 Å². The molecule has 2 aromatic carbocycles. The number of nitrogens with zero attached hydrogens (tertiary/aromatic N) is 3. The molecule has 2 aliphatic carbocycles. The van der Waals surface area contributed by atoms with Crippen molar-refractivity contribution in [1.82, 2.24) is 4.90 Å². The molecule has 3 N–H and O–H groups in total. The van der Waals surface area contributed by atoms with Crippen molar-refractivity contribution in [1.29, 1.82) is 5.26 Å². The monoisotopic (exact) mass is 657 g/mol. The van der Waals surface area contributed by atoms with E-state index in [0.29, 0.717) is 42.0 Å². The van der Waals surface area contributed by atoms with Gasteiger partial charge in [0.05, 0.1) is 29.9 Å². The summed E-state index contributed by atoms with van der Waals surface area (Å²) < 4.78 is 13.8. The highest BCUT2D eigenvalue weighted by atomic mass is 16.7. The molecule has 6 atom stereocenters. The Morgan fingerprint density at radius 3 is 2.54 bits per heavy atom. The summed E-state index contributed by atoms with van der Waals surface area (Å²) in [6.07, 6.45) is 8.89. The average molecular weight is 658 g/mol. The van der Waals surface area contributed by atoms with Crippen molar-refractivity contribution in [3.63, 3.8) is 0 Å². The number of phenols is 1. The Kier molecular flexibility index (Phi) is 11.6.